The van der Waals surface area contributed by atoms with Crippen molar-refractivity contribution in [2.75, 3.05) is 6.61 Å². The molecule has 0 atom stereocenters. The van der Waals surface area contributed by atoms with Crippen molar-refractivity contribution in [1.29, 1.82) is 0 Å². The Kier molecular flexibility index (Phi) is 7.33. The molecule has 2 heteroatoms. The average Bonchev–Trinajstić information content (AvgIpc) is 2.18. The van der Waals surface area contributed by atoms with E-state index in [-0.39, 0.29) is 5.97 Å². The fourth-order valence-corrected chi connectivity index (χ4v) is 1.24. The molecule has 0 spiro atoms. The zero-order valence-electron chi connectivity index (χ0n) is 9.50. The van der Waals surface area contributed by atoms with Gasteiger partial charge in [-0.05, 0) is 32.1 Å². The number of rotatable bonds is 8. The number of carbonyl (C=O) groups excluding carboxylic acids is 1. The van der Waals surface area contributed by atoms with Crippen molar-refractivity contribution in [3.63, 3.8) is 0 Å². The van der Waals surface area contributed by atoms with Crippen molar-refractivity contribution in [1.82, 2.24) is 0 Å². The summed E-state index contributed by atoms with van der Waals surface area (Å²) in [7, 11) is 0. The van der Waals surface area contributed by atoms with Gasteiger partial charge in [0.2, 0.25) is 0 Å². The first-order valence-electron chi connectivity index (χ1n) is 5.16. The molecule has 0 aromatic heterocycles. The fraction of sp³-hybridized carbons (Fsp3) is 0.462. The molecule has 15 heavy (non-hydrogen) atoms. The lowest BCUT2D eigenvalue weighted by Gasteiger charge is -2.12. The normalized spacial score (nSPS) is 9.73. The van der Waals surface area contributed by atoms with Gasteiger partial charge >= 0.3 is 5.97 Å². The molecule has 0 rings (SSSR count). The molecule has 0 unspecified atom stereocenters. The standard InChI is InChI=1S/C13H20O2/c1-5-7-12(8-6-2)9-10-15-13(14)11(3)4/h5-6,12H,1-3,7-10H2,4H3. The summed E-state index contributed by atoms with van der Waals surface area (Å²) < 4.78 is 5.02. The lowest BCUT2D eigenvalue weighted by molar-refractivity contribution is -0.139. The molecule has 0 saturated heterocycles. The second kappa shape index (κ2) is 8.04. The molecule has 0 N–H and O–H groups in total. The van der Waals surface area contributed by atoms with Gasteiger partial charge in [0, 0.05) is 5.57 Å². The number of allylic oxidation sites excluding steroid dienone is 2. The Morgan fingerprint density at radius 2 is 1.87 bits per heavy atom. The quantitative estimate of drug-likeness (QED) is 0.347. The third-order valence-corrected chi connectivity index (χ3v) is 2.11. The Morgan fingerprint density at radius 1 is 1.33 bits per heavy atom. The van der Waals surface area contributed by atoms with Crippen molar-refractivity contribution >= 4 is 5.97 Å². The highest BCUT2D eigenvalue weighted by Crippen LogP contribution is 2.14. The van der Waals surface area contributed by atoms with Crippen LogP contribution in [0.25, 0.3) is 0 Å². The number of esters is 1. The molecule has 0 radical (unpaired) electrons. The summed E-state index contributed by atoms with van der Waals surface area (Å²) in [5.74, 6) is 0.156. The minimum atomic E-state index is -0.314. The van der Waals surface area contributed by atoms with Crippen LogP contribution in [-0.2, 0) is 9.53 Å². The maximum absolute atomic E-state index is 11.1. The SMILES string of the molecule is C=CCC(CC=C)CCOC(=O)C(=C)C. The number of hydrogen-bond donors (Lipinski definition) is 0. The molecule has 0 amide bonds. The monoisotopic (exact) mass is 208 g/mol. The Hall–Kier alpha value is -1.31. The van der Waals surface area contributed by atoms with Crippen LogP contribution in [0.4, 0.5) is 0 Å². The van der Waals surface area contributed by atoms with Crippen LogP contribution in [0.3, 0.4) is 0 Å². The second-order valence-electron chi connectivity index (χ2n) is 3.62. The number of ether oxygens (including phenoxy) is 1. The lowest BCUT2D eigenvalue weighted by atomic mass is 9.98. The largest absolute Gasteiger partial charge is 0.462 e. The highest BCUT2D eigenvalue weighted by Gasteiger charge is 2.07. The van der Waals surface area contributed by atoms with Gasteiger partial charge in [0.15, 0.2) is 0 Å². The van der Waals surface area contributed by atoms with E-state index in [2.05, 4.69) is 19.7 Å². The third kappa shape index (κ3) is 6.72. The van der Waals surface area contributed by atoms with Gasteiger partial charge in [0.1, 0.15) is 0 Å². The van der Waals surface area contributed by atoms with Crippen LogP contribution >= 0.6 is 0 Å². The lowest BCUT2D eigenvalue weighted by Crippen LogP contribution is -2.09. The fourth-order valence-electron chi connectivity index (χ4n) is 1.24. The molecular formula is C13H20O2. The maximum atomic E-state index is 11.1. The molecule has 2 nitrogen and oxygen atoms in total. The summed E-state index contributed by atoms with van der Waals surface area (Å²) >= 11 is 0. The van der Waals surface area contributed by atoms with Gasteiger partial charge in [0.05, 0.1) is 6.61 Å². The summed E-state index contributed by atoms with van der Waals surface area (Å²) in [5, 5.41) is 0. The molecule has 0 fully saturated rings. The first kappa shape index (κ1) is 13.7. The highest BCUT2D eigenvalue weighted by atomic mass is 16.5. The Labute approximate surface area is 92.3 Å². The molecule has 0 aromatic rings. The number of carbonyl (C=O) groups is 1. The van der Waals surface area contributed by atoms with E-state index in [1.165, 1.54) is 0 Å². The van der Waals surface area contributed by atoms with E-state index in [1.54, 1.807) is 6.92 Å². The van der Waals surface area contributed by atoms with Crippen LogP contribution in [0, 0.1) is 5.92 Å². The minimum absolute atomic E-state index is 0.314. The highest BCUT2D eigenvalue weighted by molar-refractivity contribution is 5.86. The number of hydrogen-bond acceptors (Lipinski definition) is 2. The van der Waals surface area contributed by atoms with Gasteiger partial charge in [-0.1, -0.05) is 18.7 Å². The van der Waals surface area contributed by atoms with E-state index in [4.69, 9.17) is 4.74 Å². The Morgan fingerprint density at radius 3 is 2.27 bits per heavy atom. The van der Waals surface area contributed by atoms with E-state index < -0.39 is 0 Å². The summed E-state index contributed by atoms with van der Waals surface area (Å²) in [6.07, 6.45) is 6.47. The molecule has 0 aliphatic rings. The first-order chi connectivity index (χ1) is 7.11. The Bertz CT molecular complexity index is 231. The van der Waals surface area contributed by atoms with Crippen molar-refractivity contribution in [3.8, 4) is 0 Å². The minimum Gasteiger partial charge on any atom is -0.462 e. The van der Waals surface area contributed by atoms with Crippen LogP contribution in [0.1, 0.15) is 26.2 Å². The van der Waals surface area contributed by atoms with Crippen LogP contribution in [0.2, 0.25) is 0 Å². The summed E-state index contributed by atoms with van der Waals surface area (Å²) in [6.45, 7) is 13.0. The smallest absolute Gasteiger partial charge is 0.333 e. The van der Waals surface area contributed by atoms with Crippen molar-refractivity contribution in [3.05, 3.63) is 37.5 Å². The average molecular weight is 208 g/mol. The van der Waals surface area contributed by atoms with Gasteiger partial charge in [-0.15, -0.1) is 13.2 Å². The predicted octanol–water partition coefficient (Wildman–Crippen LogP) is 3.26. The molecule has 0 heterocycles. The molecule has 0 aliphatic heterocycles. The maximum Gasteiger partial charge on any atom is 0.333 e. The van der Waals surface area contributed by atoms with Crippen LogP contribution in [0.15, 0.2) is 37.5 Å². The Balaban J connectivity index is 3.79. The summed E-state index contributed by atoms with van der Waals surface area (Å²) in [4.78, 5) is 11.1. The van der Waals surface area contributed by atoms with E-state index >= 15 is 0 Å². The van der Waals surface area contributed by atoms with Gasteiger partial charge in [-0.2, -0.15) is 0 Å². The molecular weight excluding hydrogens is 188 g/mol. The van der Waals surface area contributed by atoms with E-state index in [9.17, 15) is 4.79 Å². The van der Waals surface area contributed by atoms with Crippen molar-refractivity contribution in [2.45, 2.75) is 26.2 Å². The van der Waals surface area contributed by atoms with E-state index in [0.717, 1.165) is 19.3 Å². The third-order valence-electron chi connectivity index (χ3n) is 2.11. The summed E-state index contributed by atoms with van der Waals surface area (Å²) in [6, 6.07) is 0. The summed E-state index contributed by atoms with van der Waals surface area (Å²) in [5.41, 5.74) is 0.444. The van der Waals surface area contributed by atoms with Crippen LogP contribution in [-0.4, -0.2) is 12.6 Å². The first-order valence-corrected chi connectivity index (χ1v) is 5.16. The zero-order chi connectivity index (χ0) is 11.7. The van der Waals surface area contributed by atoms with Gasteiger partial charge in [-0.25, -0.2) is 4.79 Å². The predicted molar refractivity (Wildman–Crippen MR) is 63.5 cm³/mol. The van der Waals surface area contributed by atoms with Crippen LogP contribution in [0.5, 0.6) is 0 Å². The van der Waals surface area contributed by atoms with E-state index in [0.29, 0.717) is 18.1 Å². The molecule has 0 bridgehead atoms. The molecule has 84 valence electrons. The second-order valence-corrected chi connectivity index (χ2v) is 3.62. The van der Waals surface area contributed by atoms with Crippen LogP contribution < -0.4 is 0 Å². The van der Waals surface area contributed by atoms with Gasteiger partial charge in [-0.3, -0.25) is 0 Å². The van der Waals surface area contributed by atoms with Crippen molar-refractivity contribution < 1.29 is 9.53 Å². The topological polar surface area (TPSA) is 26.3 Å². The molecule has 0 aromatic carbocycles. The van der Waals surface area contributed by atoms with E-state index in [1.807, 2.05) is 12.2 Å². The molecule has 0 saturated carbocycles. The zero-order valence-corrected chi connectivity index (χ0v) is 9.50. The molecule has 0 aliphatic carbocycles. The van der Waals surface area contributed by atoms with Gasteiger partial charge in [0.25, 0.3) is 0 Å². The van der Waals surface area contributed by atoms with Gasteiger partial charge < -0.3 is 4.74 Å². The van der Waals surface area contributed by atoms with Crippen molar-refractivity contribution in [2.24, 2.45) is 5.92 Å².